The Balaban J connectivity index is 2.26. The van der Waals surface area contributed by atoms with Crippen LogP contribution in [0.3, 0.4) is 0 Å². The highest BCUT2D eigenvalue weighted by molar-refractivity contribution is 9.10. The molecular weight excluding hydrogens is 298 g/mol. The monoisotopic (exact) mass is 313 g/mol. The largest absolute Gasteiger partial charge is 0.468 e. The van der Waals surface area contributed by atoms with Gasteiger partial charge in [-0.15, -0.1) is 0 Å². The predicted molar refractivity (Wildman–Crippen MR) is 71.1 cm³/mol. The van der Waals surface area contributed by atoms with E-state index < -0.39 is 0 Å². The van der Waals surface area contributed by atoms with E-state index in [1.54, 1.807) is 12.4 Å². The first-order chi connectivity index (χ1) is 8.72. The van der Waals surface area contributed by atoms with Gasteiger partial charge in [0.25, 0.3) is 0 Å². The third-order valence-corrected chi connectivity index (χ3v) is 3.42. The molecule has 0 bridgehead atoms. The summed E-state index contributed by atoms with van der Waals surface area (Å²) in [6.07, 6.45) is 3.42. The van der Waals surface area contributed by atoms with Crippen molar-refractivity contribution in [3.63, 3.8) is 0 Å². The molecule has 1 aliphatic heterocycles. The van der Waals surface area contributed by atoms with Gasteiger partial charge < -0.3 is 10.1 Å². The summed E-state index contributed by atoms with van der Waals surface area (Å²) in [6.45, 7) is 3.42. The minimum atomic E-state index is -0.373. The summed E-state index contributed by atoms with van der Waals surface area (Å²) in [6, 6.07) is 1.54. The number of ether oxygens (including phenoxy) is 1. The van der Waals surface area contributed by atoms with Crippen LogP contribution in [0.25, 0.3) is 0 Å². The third kappa shape index (κ3) is 3.07. The molecule has 0 aliphatic carbocycles. The Kier molecular flexibility index (Phi) is 4.68. The van der Waals surface area contributed by atoms with E-state index in [-0.39, 0.29) is 12.0 Å². The maximum absolute atomic E-state index is 12.0. The summed E-state index contributed by atoms with van der Waals surface area (Å²) in [5.74, 6) is -0.239. The van der Waals surface area contributed by atoms with E-state index in [4.69, 9.17) is 4.74 Å². The Morgan fingerprint density at radius 3 is 2.83 bits per heavy atom. The van der Waals surface area contributed by atoms with Crippen molar-refractivity contribution in [2.75, 3.05) is 33.3 Å². The fourth-order valence-corrected chi connectivity index (χ4v) is 2.51. The highest BCUT2D eigenvalue weighted by Gasteiger charge is 2.29. The second-order valence-corrected chi connectivity index (χ2v) is 5.06. The molecule has 0 spiro atoms. The Morgan fingerprint density at radius 1 is 1.50 bits per heavy atom. The van der Waals surface area contributed by atoms with Crippen molar-refractivity contribution in [1.82, 2.24) is 15.2 Å². The van der Waals surface area contributed by atoms with Crippen molar-refractivity contribution in [1.29, 1.82) is 0 Å². The van der Waals surface area contributed by atoms with Gasteiger partial charge >= 0.3 is 5.97 Å². The summed E-state index contributed by atoms with van der Waals surface area (Å²) in [4.78, 5) is 18.2. The van der Waals surface area contributed by atoms with E-state index in [2.05, 4.69) is 31.1 Å². The molecule has 1 atom stereocenters. The van der Waals surface area contributed by atoms with Crippen LogP contribution >= 0.6 is 15.9 Å². The topological polar surface area (TPSA) is 54.5 Å². The standard InChI is InChI=1S/C12H16BrN3O2/c1-18-12(17)11(16-4-2-14-3-5-16)9-6-10(13)8-15-7-9/h6-8,11,14H,2-5H2,1H3. The zero-order chi connectivity index (χ0) is 13.0. The zero-order valence-electron chi connectivity index (χ0n) is 10.2. The third-order valence-electron chi connectivity index (χ3n) is 2.98. The lowest BCUT2D eigenvalue weighted by Gasteiger charge is -2.33. The SMILES string of the molecule is COC(=O)C(c1cncc(Br)c1)N1CCNCC1. The van der Waals surface area contributed by atoms with Crippen LogP contribution in [0.15, 0.2) is 22.9 Å². The number of methoxy groups -OCH3 is 1. The normalized spacial score (nSPS) is 18.3. The fraction of sp³-hybridized carbons (Fsp3) is 0.500. The molecule has 6 heteroatoms. The van der Waals surface area contributed by atoms with Crippen molar-refractivity contribution in [3.05, 3.63) is 28.5 Å². The molecule has 1 fully saturated rings. The van der Waals surface area contributed by atoms with Gasteiger partial charge in [-0.2, -0.15) is 0 Å². The van der Waals surface area contributed by atoms with Gasteiger partial charge in [0.05, 0.1) is 7.11 Å². The van der Waals surface area contributed by atoms with E-state index in [0.717, 1.165) is 36.2 Å². The van der Waals surface area contributed by atoms with E-state index in [1.165, 1.54) is 7.11 Å². The van der Waals surface area contributed by atoms with Crippen LogP contribution in [-0.4, -0.2) is 49.1 Å². The van der Waals surface area contributed by atoms with Gasteiger partial charge in [0, 0.05) is 43.0 Å². The number of rotatable bonds is 3. The molecule has 2 rings (SSSR count). The van der Waals surface area contributed by atoms with Crippen LogP contribution in [0.1, 0.15) is 11.6 Å². The number of piperazine rings is 1. The maximum atomic E-state index is 12.0. The first-order valence-electron chi connectivity index (χ1n) is 5.85. The van der Waals surface area contributed by atoms with Crippen LogP contribution in [-0.2, 0) is 9.53 Å². The van der Waals surface area contributed by atoms with Crippen molar-refractivity contribution in [2.24, 2.45) is 0 Å². The fourth-order valence-electron chi connectivity index (χ4n) is 2.13. The molecule has 0 radical (unpaired) electrons. The van der Waals surface area contributed by atoms with E-state index >= 15 is 0 Å². The quantitative estimate of drug-likeness (QED) is 0.843. The molecule has 2 heterocycles. The number of carbonyl (C=O) groups is 1. The van der Waals surface area contributed by atoms with Crippen molar-refractivity contribution < 1.29 is 9.53 Å². The van der Waals surface area contributed by atoms with E-state index in [1.807, 2.05) is 6.07 Å². The van der Waals surface area contributed by atoms with Gasteiger partial charge in [-0.25, -0.2) is 4.79 Å². The average molecular weight is 314 g/mol. The number of nitrogens with zero attached hydrogens (tertiary/aromatic N) is 2. The molecule has 1 aromatic rings. The Bertz CT molecular complexity index is 422. The Morgan fingerprint density at radius 2 is 2.22 bits per heavy atom. The van der Waals surface area contributed by atoms with Crippen LogP contribution in [0, 0.1) is 0 Å². The molecule has 1 N–H and O–H groups in total. The second kappa shape index (κ2) is 6.26. The summed E-state index contributed by atoms with van der Waals surface area (Å²) in [7, 11) is 1.42. The van der Waals surface area contributed by atoms with Crippen molar-refractivity contribution in [3.8, 4) is 0 Å². The molecule has 0 saturated carbocycles. The zero-order valence-corrected chi connectivity index (χ0v) is 11.8. The first-order valence-corrected chi connectivity index (χ1v) is 6.64. The summed E-state index contributed by atoms with van der Waals surface area (Å²) in [5.41, 5.74) is 0.859. The number of hydrogen-bond acceptors (Lipinski definition) is 5. The molecule has 18 heavy (non-hydrogen) atoms. The van der Waals surface area contributed by atoms with Gasteiger partial charge in [-0.1, -0.05) is 0 Å². The highest BCUT2D eigenvalue weighted by atomic mass is 79.9. The van der Waals surface area contributed by atoms with E-state index in [9.17, 15) is 4.79 Å². The van der Waals surface area contributed by atoms with E-state index in [0.29, 0.717) is 0 Å². The Hall–Kier alpha value is -0.980. The minimum Gasteiger partial charge on any atom is -0.468 e. The van der Waals surface area contributed by atoms with Gasteiger partial charge in [0.1, 0.15) is 6.04 Å². The van der Waals surface area contributed by atoms with Crippen LogP contribution in [0.2, 0.25) is 0 Å². The first kappa shape index (κ1) is 13.5. The molecule has 98 valence electrons. The molecule has 0 amide bonds. The Labute approximate surface area is 115 Å². The maximum Gasteiger partial charge on any atom is 0.327 e. The smallest absolute Gasteiger partial charge is 0.327 e. The van der Waals surface area contributed by atoms with Crippen LogP contribution in [0.5, 0.6) is 0 Å². The number of pyridine rings is 1. The molecule has 1 saturated heterocycles. The number of carbonyl (C=O) groups excluding carboxylic acids is 1. The second-order valence-electron chi connectivity index (χ2n) is 4.15. The highest BCUT2D eigenvalue weighted by Crippen LogP contribution is 2.24. The van der Waals surface area contributed by atoms with Gasteiger partial charge in [0.2, 0.25) is 0 Å². The van der Waals surface area contributed by atoms with Crippen LogP contribution < -0.4 is 5.32 Å². The molecule has 0 aromatic carbocycles. The summed E-state index contributed by atoms with van der Waals surface area (Å²) in [5, 5.41) is 3.27. The summed E-state index contributed by atoms with van der Waals surface area (Å²) >= 11 is 3.38. The van der Waals surface area contributed by atoms with Crippen molar-refractivity contribution in [2.45, 2.75) is 6.04 Å². The molecule has 1 aromatic heterocycles. The van der Waals surface area contributed by atoms with Crippen molar-refractivity contribution >= 4 is 21.9 Å². The lowest BCUT2D eigenvalue weighted by atomic mass is 10.1. The lowest BCUT2D eigenvalue weighted by Crippen LogP contribution is -2.47. The average Bonchev–Trinajstić information content (AvgIpc) is 2.40. The molecule has 5 nitrogen and oxygen atoms in total. The lowest BCUT2D eigenvalue weighted by molar-refractivity contribution is -0.147. The number of esters is 1. The molecular formula is C12H16BrN3O2. The van der Waals surface area contributed by atoms with Gasteiger partial charge in [-0.3, -0.25) is 9.88 Å². The number of aromatic nitrogens is 1. The van der Waals surface area contributed by atoms with Gasteiger partial charge in [-0.05, 0) is 27.6 Å². The number of nitrogens with one attached hydrogen (secondary N) is 1. The molecule has 1 unspecified atom stereocenters. The predicted octanol–water partition coefficient (Wildman–Crippen LogP) is 0.963. The number of halogens is 1. The molecule has 1 aliphatic rings. The van der Waals surface area contributed by atoms with Crippen LogP contribution in [0.4, 0.5) is 0 Å². The number of hydrogen-bond donors (Lipinski definition) is 1. The summed E-state index contributed by atoms with van der Waals surface area (Å²) < 4.78 is 5.78. The minimum absolute atomic E-state index is 0.239. The van der Waals surface area contributed by atoms with Gasteiger partial charge in [0.15, 0.2) is 0 Å².